The summed E-state index contributed by atoms with van der Waals surface area (Å²) in [5.41, 5.74) is 1.00. The van der Waals surface area contributed by atoms with Crippen molar-refractivity contribution in [3.8, 4) is 17.2 Å². The summed E-state index contributed by atoms with van der Waals surface area (Å²) in [6.07, 6.45) is 0.0384. The van der Waals surface area contributed by atoms with Crippen LogP contribution in [0.4, 0.5) is 10.8 Å². The maximum absolute atomic E-state index is 12.7. The van der Waals surface area contributed by atoms with Crippen molar-refractivity contribution in [1.29, 1.82) is 0 Å². The summed E-state index contributed by atoms with van der Waals surface area (Å²) < 4.78 is 20.7. The third kappa shape index (κ3) is 4.41. The van der Waals surface area contributed by atoms with Gasteiger partial charge in [-0.25, -0.2) is 9.78 Å². The molecule has 2 heterocycles. The monoisotopic (exact) mass is 449 g/mol. The van der Waals surface area contributed by atoms with Crippen molar-refractivity contribution in [3.63, 3.8) is 0 Å². The van der Waals surface area contributed by atoms with E-state index in [9.17, 15) is 14.4 Å². The largest absolute Gasteiger partial charge is 0.493 e. The summed E-state index contributed by atoms with van der Waals surface area (Å²) in [5, 5.41) is 2.97. The molecular formula is C20H23N3O7S. The number of ether oxygens (including phenoxy) is 4. The van der Waals surface area contributed by atoms with Gasteiger partial charge in [0.1, 0.15) is 4.88 Å². The van der Waals surface area contributed by atoms with Crippen LogP contribution in [0.5, 0.6) is 17.2 Å². The normalized spacial score (nSPS) is 15.6. The predicted molar refractivity (Wildman–Crippen MR) is 113 cm³/mol. The highest BCUT2D eigenvalue weighted by Gasteiger charge is 2.36. The molecule has 1 aliphatic heterocycles. The number of anilines is 2. The molecule has 1 fully saturated rings. The van der Waals surface area contributed by atoms with E-state index >= 15 is 0 Å². The molecule has 3 rings (SSSR count). The Kier molecular flexibility index (Phi) is 6.64. The maximum atomic E-state index is 12.7. The Morgan fingerprint density at radius 2 is 1.77 bits per heavy atom. The molecule has 166 valence electrons. The Labute approximate surface area is 183 Å². The average Bonchev–Trinajstić information content (AvgIpc) is 3.34. The van der Waals surface area contributed by atoms with E-state index in [1.807, 2.05) is 0 Å². The molecule has 0 radical (unpaired) electrons. The third-order valence-electron chi connectivity index (χ3n) is 4.85. The number of carbonyl (C=O) groups is 3. The highest BCUT2D eigenvalue weighted by molar-refractivity contribution is 7.17. The summed E-state index contributed by atoms with van der Waals surface area (Å²) >= 11 is 1.03. The van der Waals surface area contributed by atoms with Crippen molar-refractivity contribution >= 4 is 39.9 Å². The van der Waals surface area contributed by atoms with Gasteiger partial charge in [-0.2, -0.15) is 0 Å². The van der Waals surface area contributed by atoms with Gasteiger partial charge in [-0.3, -0.25) is 9.59 Å². The number of hydrogen-bond donors (Lipinski definition) is 1. The Morgan fingerprint density at radius 1 is 1.13 bits per heavy atom. The molecule has 2 amide bonds. The highest BCUT2D eigenvalue weighted by Crippen LogP contribution is 2.42. The van der Waals surface area contributed by atoms with E-state index in [2.05, 4.69) is 10.3 Å². The molecule has 0 aliphatic carbocycles. The highest BCUT2D eigenvalue weighted by atomic mass is 32.1. The summed E-state index contributed by atoms with van der Waals surface area (Å²) in [6, 6.07) is 3.32. The van der Waals surface area contributed by atoms with Crippen LogP contribution in [-0.2, 0) is 14.3 Å². The SMILES string of the molecule is COC(=O)c1sc(NC(=O)C2CC(=O)N(c3cc(OC)c(OC)c(OC)c3)C2)nc1C. The fourth-order valence-electron chi connectivity index (χ4n) is 3.30. The molecule has 1 N–H and O–H groups in total. The van der Waals surface area contributed by atoms with E-state index in [0.29, 0.717) is 33.5 Å². The van der Waals surface area contributed by atoms with Gasteiger partial charge in [0.25, 0.3) is 0 Å². The minimum absolute atomic E-state index is 0.0384. The van der Waals surface area contributed by atoms with Gasteiger partial charge in [0, 0.05) is 25.1 Å². The van der Waals surface area contributed by atoms with E-state index in [-0.39, 0.29) is 29.9 Å². The molecular weight excluding hydrogens is 426 g/mol. The molecule has 0 spiro atoms. The number of hydrogen-bond acceptors (Lipinski definition) is 9. The summed E-state index contributed by atoms with van der Waals surface area (Å²) in [4.78, 5) is 43.1. The van der Waals surface area contributed by atoms with Crippen LogP contribution in [0.3, 0.4) is 0 Å². The lowest BCUT2D eigenvalue weighted by molar-refractivity contribution is -0.122. The molecule has 0 bridgehead atoms. The van der Waals surface area contributed by atoms with Crippen molar-refractivity contribution in [2.45, 2.75) is 13.3 Å². The topological polar surface area (TPSA) is 116 Å². The number of methoxy groups -OCH3 is 4. The molecule has 31 heavy (non-hydrogen) atoms. The lowest BCUT2D eigenvalue weighted by Crippen LogP contribution is -2.28. The van der Waals surface area contributed by atoms with Gasteiger partial charge in [0.2, 0.25) is 17.6 Å². The van der Waals surface area contributed by atoms with Crippen LogP contribution in [0.2, 0.25) is 0 Å². The lowest BCUT2D eigenvalue weighted by Gasteiger charge is -2.20. The zero-order chi connectivity index (χ0) is 22.7. The van der Waals surface area contributed by atoms with Crippen molar-refractivity contribution in [3.05, 3.63) is 22.7 Å². The number of aromatic nitrogens is 1. The fourth-order valence-corrected chi connectivity index (χ4v) is 4.18. The minimum Gasteiger partial charge on any atom is -0.493 e. The molecule has 1 aromatic heterocycles. The van der Waals surface area contributed by atoms with Gasteiger partial charge in [0.15, 0.2) is 16.6 Å². The van der Waals surface area contributed by atoms with Crippen LogP contribution in [0, 0.1) is 12.8 Å². The Bertz CT molecular complexity index is 995. The van der Waals surface area contributed by atoms with Crippen LogP contribution in [0.1, 0.15) is 21.8 Å². The number of carbonyl (C=O) groups excluding carboxylic acids is 3. The maximum Gasteiger partial charge on any atom is 0.350 e. The number of benzene rings is 1. The average molecular weight is 449 g/mol. The van der Waals surface area contributed by atoms with E-state index in [1.165, 1.54) is 33.3 Å². The first-order chi connectivity index (χ1) is 14.8. The summed E-state index contributed by atoms with van der Waals surface area (Å²) in [7, 11) is 5.75. The van der Waals surface area contributed by atoms with Crippen LogP contribution in [0.25, 0.3) is 0 Å². The van der Waals surface area contributed by atoms with E-state index in [0.717, 1.165) is 11.3 Å². The molecule has 2 aromatic rings. The number of nitrogens with zero attached hydrogens (tertiary/aromatic N) is 2. The zero-order valence-electron chi connectivity index (χ0n) is 17.8. The third-order valence-corrected chi connectivity index (χ3v) is 5.91. The number of nitrogens with one attached hydrogen (secondary N) is 1. The minimum atomic E-state index is -0.586. The molecule has 1 aromatic carbocycles. The molecule has 10 nitrogen and oxygen atoms in total. The van der Waals surface area contributed by atoms with Crippen LogP contribution in [0.15, 0.2) is 12.1 Å². The molecule has 1 saturated heterocycles. The second kappa shape index (κ2) is 9.21. The molecule has 1 atom stereocenters. The van der Waals surface area contributed by atoms with Gasteiger partial charge in [0.05, 0.1) is 45.7 Å². The van der Waals surface area contributed by atoms with Crippen LogP contribution in [-0.4, -0.2) is 57.8 Å². The molecule has 11 heteroatoms. The number of rotatable bonds is 7. The first-order valence-electron chi connectivity index (χ1n) is 9.29. The van der Waals surface area contributed by atoms with Crippen molar-refractivity contribution in [2.75, 3.05) is 45.2 Å². The van der Waals surface area contributed by atoms with Gasteiger partial charge in [-0.15, -0.1) is 0 Å². The van der Waals surface area contributed by atoms with Gasteiger partial charge >= 0.3 is 5.97 Å². The Balaban J connectivity index is 1.77. The zero-order valence-corrected chi connectivity index (χ0v) is 18.6. The van der Waals surface area contributed by atoms with Crippen LogP contribution >= 0.6 is 11.3 Å². The number of aryl methyl sites for hydroxylation is 1. The van der Waals surface area contributed by atoms with Crippen LogP contribution < -0.4 is 24.4 Å². The molecule has 1 unspecified atom stereocenters. The number of thiazole rings is 1. The van der Waals surface area contributed by atoms with E-state index < -0.39 is 11.9 Å². The second-order valence-electron chi connectivity index (χ2n) is 6.70. The van der Waals surface area contributed by atoms with Crippen molar-refractivity contribution in [1.82, 2.24) is 4.98 Å². The van der Waals surface area contributed by atoms with Gasteiger partial charge in [-0.05, 0) is 6.92 Å². The molecule has 1 aliphatic rings. The van der Waals surface area contributed by atoms with Gasteiger partial charge < -0.3 is 29.2 Å². The van der Waals surface area contributed by atoms with E-state index in [1.54, 1.807) is 19.1 Å². The predicted octanol–water partition coefficient (Wildman–Crippen LogP) is 2.26. The number of amides is 2. The fraction of sp³-hybridized carbons (Fsp3) is 0.400. The van der Waals surface area contributed by atoms with Crippen molar-refractivity contribution < 1.29 is 33.3 Å². The lowest BCUT2D eigenvalue weighted by atomic mass is 10.1. The standard InChI is InChI=1S/C20H23N3O7S/c1-10-17(19(26)30-5)31-20(21-10)22-18(25)11-6-15(24)23(9-11)12-7-13(27-2)16(29-4)14(8-12)28-3/h7-8,11H,6,9H2,1-5H3,(H,21,22,25). The Morgan fingerprint density at radius 3 is 2.32 bits per heavy atom. The second-order valence-corrected chi connectivity index (χ2v) is 7.70. The first-order valence-corrected chi connectivity index (χ1v) is 10.1. The quantitative estimate of drug-likeness (QED) is 0.640. The smallest absolute Gasteiger partial charge is 0.350 e. The van der Waals surface area contributed by atoms with Crippen molar-refractivity contribution in [2.24, 2.45) is 5.92 Å². The molecule has 0 saturated carbocycles. The number of esters is 1. The first kappa shape index (κ1) is 22.3. The van der Waals surface area contributed by atoms with E-state index in [4.69, 9.17) is 18.9 Å². The van der Waals surface area contributed by atoms with Gasteiger partial charge in [-0.1, -0.05) is 11.3 Å². The summed E-state index contributed by atoms with van der Waals surface area (Å²) in [5.74, 6) is -0.432. The summed E-state index contributed by atoms with van der Waals surface area (Å²) in [6.45, 7) is 1.83. The Hall–Kier alpha value is -3.34.